The van der Waals surface area contributed by atoms with Crippen LogP contribution in [0.2, 0.25) is 0 Å². The molecule has 0 aliphatic heterocycles. The van der Waals surface area contributed by atoms with Crippen LogP contribution in [-0.2, 0) is 24.0 Å². The lowest BCUT2D eigenvalue weighted by Gasteiger charge is -2.23. The van der Waals surface area contributed by atoms with Gasteiger partial charge in [-0.1, -0.05) is 0 Å². The molecule has 0 rings (SSSR count). The van der Waals surface area contributed by atoms with Gasteiger partial charge in [-0.2, -0.15) is 37.9 Å². The van der Waals surface area contributed by atoms with Gasteiger partial charge in [0, 0.05) is 23.7 Å². The Labute approximate surface area is 178 Å². The molecule has 8 N–H and O–H groups in total. The number of carboxylic acids is 1. The van der Waals surface area contributed by atoms with Gasteiger partial charge in [0.1, 0.15) is 18.1 Å². The number of carbonyl (C=O) groups excluding carboxylic acids is 4. The smallest absolute Gasteiger partial charge is 0.327 e. The molecule has 0 aromatic carbocycles. The highest BCUT2D eigenvalue weighted by atomic mass is 32.1. The second-order valence-corrected chi connectivity index (χ2v) is 6.78. The maximum atomic E-state index is 12.3. The molecule has 0 heterocycles. The van der Waals surface area contributed by atoms with E-state index in [-0.39, 0.29) is 30.1 Å². The second-order valence-electron chi connectivity index (χ2n) is 5.68. The normalized spacial score (nSPS) is 14.9. The minimum atomic E-state index is -1.28. The predicted octanol–water partition coefficient (Wildman–Crippen LogP) is -3.09. The van der Waals surface area contributed by atoms with Gasteiger partial charge in [-0.05, 0) is 6.42 Å². The van der Waals surface area contributed by atoms with Gasteiger partial charge < -0.3 is 32.5 Å². The molecule has 0 fully saturated rings. The number of primary amides is 1. The van der Waals surface area contributed by atoms with Crippen molar-refractivity contribution in [3.05, 3.63) is 0 Å². The maximum Gasteiger partial charge on any atom is 0.327 e. The van der Waals surface area contributed by atoms with Crippen molar-refractivity contribution in [2.75, 3.05) is 17.3 Å². The summed E-state index contributed by atoms with van der Waals surface area (Å²) in [5.74, 6) is -4.47. The SMILES string of the molecule is NC(=O)CCC(N)C(=O)NC(CS)C(=O)NC(CS)C(=O)NC(CS)C(=O)O. The molecule has 4 amide bonds. The van der Waals surface area contributed by atoms with Crippen LogP contribution >= 0.6 is 37.9 Å². The van der Waals surface area contributed by atoms with Crippen molar-refractivity contribution >= 4 is 67.5 Å². The molecule has 0 saturated heterocycles. The zero-order valence-electron chi connectivity index (χ0n) is 14.8. The van der Waals surface area contributed by atoms with E-state index in [9.17, 15) is 24.0 Å². The van der Waals surface area contributed by atoms with Crippen LogP contribution in [0.5, 0.6) is 0 Å². The number of hydrogen-bond donors (Lipinski definition) is 9. The van der Waals surface area contributed by atoms with Gasteiger partial charge in [0.15, 0.2) is 0 Å². The Morgan fingerprint density at radius 1 is 0.786 bits per heavy atom. The van der Waals surface area contributed by atoms with Gasteiger partial charge in [0.05, 0.1) is 6.04 Å². The van der Waals surface area contributed by atoms with Crippen LogP contribution in [0, 0.1) is 0 Å². The molecule has 11 nitrogen and oxygen atoms in total. The summed E-state index contributed by atoms with van der Waals surface area (Å²) in [6.45, 7) is 0. The van der Waals surface area contributed by atoms with Crippen molar-refractivity contribution in [2.24, 2.45) is 11.5 Å². The first kappa shape index (κ1) is 26.4. The summed E-state index contributed by atoms with van der Waals surface area (Å²) in [5.41, 5.74) is 10.6. The number of hydrogen-bond acceptors (Lipinski definition) is 9. The monoisotopic (exact) mass is 455 g/mol. The molecular weight excluding hydrogens is 430 g/mol. The summed E-state index contributed by atoms with van der Waals surface area (Å²) < 4.78 is 0. The molecule has 160 valence electrons. The number of rotatable bonds is 13. The van der Waals surface area contributed by atoms with Gasteiger partial charge in [-0.25, -0.2) is 4.79 Å². The summed E-state index contributed by atoms with van der Waals surface area (Å²) in [6.07, 6.45) is -0.0891. The third-order valence-corrected chi connectivity index (χ3v) is 4.56. The highest BCUT2D eigenvalue weighted by Crippen LogP contribution is 1.99. The van der Waals surface area contributed by atoms with Crippen molar-refractivity contribution in [3.8, 4) is 0 Å². The molecule has 0 aromatic heterocycles. The van der Waals surface area contributed by atoms with E-state index in [1.165, 1.54) is 0 Å². The number of thiol groups is 3. The highest BCUT2D eigenvalue weighted by Gasteiger charge is 2.28. The summed E-state index contributed by atoms with van der Waals surface area (Å²) in [5, 5.41) is 15.9. The van der Waals surface area contributed by atoms with Crippen LogP contribution in [0.3, 0.4) is 0 Å². The number of nitrogens with one attached hydrogen (secondary N) is 3. The second kappa shape index (κ2) is 13.5. The number of aliphatic carboxylic acids is 1. The Morgan fingerprint density at radius 2 is 1.18 bits per heavy atom. The van der Waals surface area contributed by atoms with Gasteiger partial charge in [-0.3, -0.25) is 19.2 Å². The molecule has 0 aliphatic rings. The Morgan fingerprint density at radius 3 is 1.54 bits per heavy atom. The molecule has 0 radical (unpaired) electrons. The lowest BCUT2D eigenvalue weighted by atomic mass is 10.1. The lowest BCUT2D eigenvalue weighted by Crippen LogP contribution is -2.58. The third-order valence-electron chi connectivity index (χ3n) is 3.47. The van der Waals surface area contributed by atoms with Gasteiger partial charge in [0.2, 0.25) is 23.6 Å². The zero-order chi connectivity index (χ0) is 21.9. The van der Waals surface area contributed by atoms with Crippen molar-refractivity contribution < 1.29 is 29.1 Å². The molecule has 4 unspecified atom stereocenters. The average molecular weight is 456 g/mol. The first-order valence-electron chi connectivity index (χ1n) is 8.07. The number of nitrogens with two attached hydrogens (primary N) is 2. The van der Waals surface area contributed by atoms with Crippen molar-refractivity contribution in [1.29, 1.82) is 0 Å². The van der Waals surface area contributed by atoms with Crippen LogP contribution in [0.15, 0.2) is 0 Å². The molecule has 14 heteroatoms. The minimum absolute atomic E-state index is 0.00402. The molecule has 0 saturated carbocycles. The fourth-order valence-electron chi connectivity index (χ4n) is 1.83. The molecule has 28 heavy (non-hydrogen) atoms. The first-order chi connectivity index (χ1) is 13.1. The fraction of sp³-hybridized carbons (Fsp3) is 0.643. The summed E-state index contributed by atoms with van der Waals surface area (Å²) in [6, 6.07) is -4.57. The third kappa shape index (κ3) is 9.52. The molecule has 0 spiro atoms. The van der Waals surface area contributed by atoms with E-state index in [0.29, 0.717) is 0 Å². The predicted molar refractivity (Wildman–Crippen MR) is 111 cm³/mol. The Kier molecular flexibility index (Phi) is 12.7. The van der Waals surface area contributed by atoms with E-state index < -0.39 is 53.8 Å². The van der Waals surface area contributed by atoms with Crippen molar-refractivity contribution in [3.63, 3.8) is 0 Å². The molecule has 0 aliphatic carbocycles. The summed E-state index contributed by atoms with van der Waals surface area (Å²) in [7, 11) is 0. The maximum absolute atomic E-state index is 12.3. The molecule has 0 aromatic rings. The molecule has 0 bridgehead atoms. The van der Waals surface area contributed by atoms with Crippen LogP contribution in [0.1, 0.15) is 12.8 Å². The standard InChI is InChI=1S/C14H25N5O6S3/c15-6(1-2-10(16)20)11(21)17-7(3-26)12(22)18-8(4-27)13(23)19-9(5-28)14(24)25/h6-9,26-28H,1-5,15H2,(H2,16,20)(H,17,21)(H,18,22)(H,19,23)(H,24,25). The lowest BCUT2D eigenvalue weighted by molar-refractivity contribution is -0.141. The Balaban J connectivity index is 4.86. The topological polar surface area (TPSA) is 194 Å². The number of carbonyl (C=O) groups is 5. The quantitative estimate of drug-likeness (QED) is 0.131. The van der Waals surface area contributed by atoms with E-state index >= 15 is 0 Å². The molecule has 4 atom stereocenters. The van der Waals surface area contributed by atoms with Crippen LogP contribution in [0.4, 0.5) is 0 Å². The zero-order valence-corrected chi connectivity index (χ0v) is 17.5. The Hall–Kier alpha value is -1.64. The van der Waals surface area contributed by atoms with Crippen LogP contribution < -0.4 is 27.4 Å². The fourth-order valence-corrected chi connectivity index (χ4v) is 2.59. The van der Waals surface area contributed by atoms with Gasteiger partial charge in [0.25, 0.3) is 0 Å². The van der Waals surface area contributed by atoms with Crippen LogP contribution in [-0.4, -0.2) is 76.1 Å². The molecular formula is C14H25N5O6S3. The number of carboxylic acid groups (broad SMARTS) is 1. The van der Waals surface area contributed by atoms with Crippen LogP contribution in [0.25, 0.3) is 0 Å². The van der Waals surface area contributed by atoms with Crippen molar-refractivity contribution in [2.45, 2.75) is 37.0 Å². The van der Waals surface area contributed by atoms with E-state index in [2.05, 4.69) is 53.8 Å². The van der Waals surface area contributed by atoms with E-state index in [1.54, 1.807) is 0 Å². The van der Waals surface area contributed by atoms with E-state index in [0.717, 1.165) is 0 Å². The Bertz CT molecular complexity index is 594. The summed E-state index contributed by atoms with van der Waals surface area (Å²) >= 11 is 11.8. The largest absolute Gasteiger partial charge is 0.480 e. The first-order valence-corrected chi connectivity index (χ1v) is 9.97. The van der Waals surface area contributed by atoms with Gasteiger partial charge >= 0.3 is 5.97 Å². The van der Waals surface area contributed by atoms with Crippen molar-refractivity contribution in [1.82, 2.24) is 16.0 Å². The minimum Gasteiger partial charge on any atom is -0.480 e. The van der Waals surface area contributed by atoms with E-state index in [4.69, 9.17) is 16.6 Å². The average Bonchev–Trinajstić information content (AvgIpc) is 2.65. The van der Waals surface area contributed by atoms with E-state index in [1.807, 2.05) is 0 Å². The van der Waals surface area contributed by atoms with Gasteiger partial charge in [-0.15, -0.1) is 0 Å². The summed E-state index contributed by atoms with van der Waals surface area (Å²) in [4.78, 5) is 58.2. The number of amides is 4. The highest BCUT2D eigenvalue weighted by molar-refractivity contribution is 7.80.